The summed E-state index contributed by atoms with van der Waals surface area (Å²) in [6.07, 6.45) is 0. The Morgan fingerprint density at radius 1 is 1.32 bits per heavy atom. The molecule has 2 rings (SSSR count). The zero-order valence-electron chi connectivity index (χ0n) is 11.8. The summed E-state index contributed by atoms with van der Waals surface area (Å²) in [5.41, 5.74) is 4.23. The standard InChI is InChI=1S/C15H19ClN2O/c1-10(2)11-5-6-15(19-4)13(7-11)14-8-12(9-16)17-18(14)3/h5-8,10H,9H2,1-4H3. The molecule has 0 bridgehead atoms. The lowest BCUT2D eigenvalue weighted by molar-refractivity contribution is 0.416. The first-order valence-electron chi connectivity index (χ1n) is 6.34. The van der Waals surface area contributed by atoms with Crippen LogP contribution in [0.5, 0.6) is 5.75 Å². The van der Waals surface area contributed by atoms with Crippen LogP contribution in [0.3, 0.4) is 0 Å². The Hall–Kier alpha value is -1.48. The van der Waals surface area contributed by atoms with Crippen molar-refractivity contribution in [1.29, 1.82) is 0 Å². The van der Waals surface area contributed by atoms with Gasteiger partial charge in [0.15, 0.2) is 0 Å². The lowest BCUT2D eigenvalue weighted by Gasteiger charge is -2.12. The molecule has 0 aliphatic carbocycles. The fourth-order valence-corrected chi connectivity index (χ4v) is 2.26. The molecule has 0 amide bonds. The summed E-state index contributed by atoms with van der Waals surface area (Å²) < 4.78 is 7.31. The highest BCUT2D eigenvalue weighted by Crippen LogP contribution is 2.33. The molecule has 19 heavy (non-hydrogen) atoms. The highest BCUT2D eigenvalue weighted by Gasteiger charge is 2.13. The van der Waals surface area contributed by atoms with E-state index in [1.54, 1.807) is 7.11 Å². The van der Waals surface area contributed by atoms with Gasteiger partial charge in [0.1, 0.15) is 5.75 Å². The highest BCUT2D eigenvalue weighted by molar-refractivity contribution is 6.16. The van der Waals surface area contributed by atoms with Crippen molar-refractivity contribution in [2.75, 3.05) is 7.11 Å². The van der Waals surface area contributed by atoms with Crippen LogP contribution in [0, 0.1) is 0 Å². The summed E-state index contributed by atoms with van der Waals surface area (Å²) in [7, 11) is 3.61. The lowest BCUT2D eigenvalue weighted by Crippen LogP contribution is -1.98. The van der Waals surface area contributed by atoms with Crippen LogP contribution in [0.25, 0.3) is 11.3 Å². The van der Waals surface area contributed by atoms with Crippen molar-refractivity contribution in [3.63, 3.8) is 0 Å². The molecule has 0 radical (unpaired) electrons. The molecule has 2 aromatic rings. The predicted molar refractivity (Wildman–Crippen MR) is 78.8 cm³/mol. The van der Waals surface area contributed by atoms with E-state index in [4.69, 9.17) is 16.3 Å². The van der Waals surface area contributed by atoms with Gasteiger partial charge < -0.3 is 4.74 Å². The van der Waals surface area contributed by atoms with Crippen LogP contribution < -0.4 is 4.74 Å². The third-order valence-corrected chi connectivity index (χ3v) is 3.51. The number of aryl methyl sites for hydroxylation is 1. The second-order valence-corrected chi connectivity index (χ2v) is 5.16. The molecule has 0 N–H and O–H groups in total. The number of aromatic nitrogens is 2. The third-order valence-electron chi connectivity index (χ3n) is 3.23. The average molecular weight is 279 g/mol. The topological polar surface area (TPSA) is 27.1 Å². The number of halogens is 1. The molecule has 0 atom stereocenters. The Morgan fingerprint density at radius 3 is 2.58 bits per heavy atom. The Balaban J connectivity index is 2.57. The van der Waals surface area contributed by atoms with Crippen molar-refractivity contribution in [3.8, 4) is 17.0 Å². The van der Waals surface area contributed by atoms with Crippen LogP contribution in [-0.2, 0) is 12.9 Å². The van der Waals surface area contributed by atoms with Crippen molar-refractivity contribution in [2.24, 2.45) is 7.05 Å². The number of hydrogen-bond donors (Lipinski definition) is 0. The van der Waals surface area contributed by atoms with Gasteiger partial charge in [-0.2, -0.15) is 5.10 Å². The SMILES string of the molecule is COc1ccc(C(C)C)cc1-c1cc(CCl)nn1C. The maximum atomic E-state index is 5.85. The van der Waals surface area contributed by atoms with E-state index >= 15 is 0 Å². The smallest absolute Gasteiger partial charge is 0.128 e. The maximum absolute atomic E-state index is 5.85. The number of ether oxygens (including phenoxy) is 1. The molecule has 1 aromatic carbocycles. The van der Waals surface area contributed by atoms with Crippen molar-refractivity contribution in [2.45, 2.75) is 25.6 Å². The largest absolute Gasteiger partial charge is 0.496 e. The van der Waals surface area contributed by atoms with Crippen LogP contribution in [0.2, 0.25) is 0 Å². The molecule has 0 saturated carbocycles. The Morgan fingerprint density at radius 2 is 2.05 bits per heavy atom. The van der Waals surface area contributed by atoms with Crippen molar-refractivity contribution < 1.29 is 4.74 Å². The molecule has 0 unspecified atom stereocenters. The predicted octanol–water partition coefficient (Wildman–Crippen LogP) is 3.96. The number of nitrogens with zero attached hydrogens (tertiary/aromatic N) is 2. The Bertz CT molecular complexity index is 576. The van der Waals surface area contributed by atoms with Crippen LogP contribution in [0.1, 0.15) is 31.0 Å². The van der Waals surface area contributed by atoms with E-state index < -0.39 is 0 Å². The molecular formula is C15H19ClN2O. The molecular weight excluding hydrogens is 260 g/mol. The number of hydrogen-bond acceptors (Lipinski definition) is 2. The summed E-state index contributed by atoms with van der Waals surface area (Å²) in [5, 5.41) is 4.38. The molecule has 0 saturated heterocycles. The van der Waals surface area contributed by atoms with E-state index in [1.165, 1.54) is 5.56 Å². The quantitative estimate of drug-likeness (QED) is 0.792. The van der Waals surface area contributed by atoms with Crippen LogP contribution >= 0.6 is 11.6 Å². The van der Waals surface area contributed by atoms with Crippen molar-refractivity contribution in [3.05, 3.63) is 35.5 Å². The van der Waals surface area contributed by atoms with E-state index in [2.05, 4.69) is 31.1 Å². The zero-order valence-corrected chi connectivity index (χ0v) is 12.5. The van der Waals surface area contributed by atoms with Crippen LogP contribution in [0.15, 0.2) is 24.3 Å². The second kappa shape index (κ2) is 5.66. The van der Waals surface area contributed by atoms with Crippen molar-refractivity contribution in [1.82, 2.24) is 9.78 Å². The third kappa shape index (κ3) is 2.76. The van der Waals surface area contributed by atoms with Crippen molar-refractivity contribution >= 4 is 11.6 Å². The number of alkyl halides is 1. The monoisotopic (exact) mass is 278 g/mol. The van der Waals surface area contributed by atoms with Gasteiger partial charge in [-0.05, 0) is 29.7 Å². The lowest BCUT2D eigenvalue weighted by atomic mass is 9.99. The van der Waals surface area contributed by atoms with E-state index in [1.807, 2.05) is 23.9 Å². The zero-order chi connectivity index (χ0) is 14.0. The van der Waals surface area contributed by atoms with Gasteiger partial charge in [-0.1, -0.05) is 19.9 Å². The first kappa shape index (κ1) is 13.9. The minimum absolute atomic E-state index is 0.417. The second-order valence-electron chi connectivity index (χ2n) is 4.89. The molecule has 102 valence electrons. The molecule has 1 heterocycles. The fourth-order valence-electron chi connectivity index (χ4n) is 2.13. The van der Waals surface area contributed by atoms with E-state index in [0.29, 0.717) is 11.8 Å². The molecule has 1 aromatic heterocycles. The van der Waals surface area contributed by atoms with E-state index in [0.717, 1.165) is 22.7 Å². The normalized spacial score (nSPS) is 11.1. The van der Waals surface area contributed by atoms with E-state index in [-0.39, 0.29) is 0 Å². The molecule has 0 aliphatic heterocycles. The Kier molecular flexibility index (Phi) is 4.15. The van der Waals surface area contributed by atoms with Gasteiger partial charge >= 0.3 is 0 Å². The van der Waals surface area contributed by atoms with Crippen LogP contribution in [0.4, 0.5) is 0 Å². The van der Waals surface area contributed by atoms with Gasteiger partial charge in [-0.3, -0.25) is 4.68 Å². The molecule has 0 fully saturated rings. The van der Waals surface area contributed by atoms with Gasteiger partial charge in [0.2, 0.25) is 0 Å². The van der Waals surface area contributed by atoms with Gasteiger partial charge in [0, 0.05) is 12.6 Å². The Labute approximate surface area is 119 Å². The number of rotatable bonds is 4. The number of methoxy groups -OCH3 is 1. The van der Waals surface area contributed by atoms with Gasteiger partial charge in [0.25, 0.3) is 0 Å². The summed E-state index contributed by atoms with van der Waals surface area (Å²) >= 11 is 5.85. The fraction of sp³-hybridized carbons (Fsp3) is 0.400. The first-order valence-corrected chi connectivity index (χ1v) is 6.87. The summed E-state index contributed by atoms with van der Waals surface area (Å²) in [6, 6.07) is 8.29. The van der Waals surface area contributed by atoms with E-state index in [9.17, 15) is 0 Å². The summed E-state index contributed by atoms with van der Waals surface area (Å²) in [4.78, 5) is 0. The molecule has 3 nitrogen and oxygen atoms in total. The average Bonchev–Trinajstić information content (AvgIpc) is 2.79. The molecule has 0 spiro atoms. The molecule has 4 heteroatoms. The maximum Gasteiger partial charge on any atom is 0.128 e. The summed E-state index contributed by atoms with van der Waals surface area (Å²) in [6.45, 7) is 4.36. The van der Waals surface area contributed by atoms with Gasteiger partial charge in [-0.25, -0.2) is 0 Å². The molecule has 0 aliphatic rings. The number of benzene rings is 1. The minimum Gasteiger partial charge on any atom is -0.496 e. The highest BCUT2D eigenvalue weighted by atomic mass is 35.5. The first-order chi connectivity index (χ1) is 9.06. The van der Waals surface area contributed by atoms with Crippen LogP contribution in [-0.4, -0.2) is 16.9 Å². The van der Waals surface area contributed by atoms with Gasteiger partial charge in [0.05, 0.1) is 24.4 Å². The summed E-state index contributed by atoms with van der Waals surface area (Å²) in [5.74, 6) is 1.75. The van der Waals surface area contributed by atoms with Gasteiger partial charge in [-0.15, -0.1) is 11.6 Å². The minimum atomic E-state index is 0.417.